The second-order valence-electron chi connectivity index (χ2n) is 4.22. The van der Waals surface area contributed by atoms with Gasteiger partial charge >= 0.3 is 0 Å². The summed E-state index contributed by atoms with van der Waals surface area (Å²) in [5.74, 6) is 2.04. The van der Waals surface area contributed by atoms with E-state index >= 15 is 0 Å². The lowest BCUT2D eigenvalue weighted by molar-refractivity contribution is 0.334. The Labute approximate surface area is 100.0 Å². The molecule has 0 spiro atoms. The maximum atomic E-state index is 5.89. The number of hydrogen-bond acceptors (Lipinski definition) is 5. The van der Waals surface area contributed by atoms with Gasteiger partial charge in [-0.05, 0) is 26.3 Å². The third-order valence-electron chi connectivity index (χ3n) is 2.93. The first kappa shape index (κ1) is 11.9. The van der Waals surface area contributed by atoms with Crippen molar-refractivity contribution in [1.82, 2.24) is 10.1 Å². The van der Waals surface area contributed by atoms with E-state index in [9.17, 15) is 0 Å². The van der Waals surface area contributed by atoms with E-state index in [2.05, 4.69) is 17.1 Å². The van der Waals surface area contributed by atoms with E-state index in [1.807, 2.05) is 19.9 Å². The lowest BCUT2D eigenvalue weighted by atomic mass is 9.99. The molecule has 2 aromatic rings. The van der Waals surface area contributed by atoms with Crippen LogP contribution in [-0.4, -0.2) is 16.2 Å². The van der Waals surface area contributed by atoms with E-state index in [1.165, 1.54) is 0 Å². The highest BCUT2D eigenvalue weighted by molar-refractivity contribution is 5.56. The Balaban J connectivity index is 2.30. The summed E-state index contributed by atoms with van der Waals surface area (Å²) < 4.78 is 10.5. The minimum absolute atomic E-state index is 0.00116. The molecule has 17 heavy (non-hydrogen) atoms. The fraction of sp³-hybridized carbons (Fsp3) is 0.500. The van der Waals surface area contributed by atoms with E-state index in [-0.39, 0.29) is 12.0 Å². The minimum atomic E-state index is -0.00116. The molecule has 2 unspecified atom stereocenters. The van der Waals surface area contributed by atoms with Crippen LogP contribution >= 0.6 is 0 Å². The first-order chi connectivity index (χ1) is 8.13. The molecule has 0 amide bonds. The van der Waals surface area contributed by atoms with Crippen LogP contribution in [0.5, 0.6) is 0 Å². The van der Waals surface area contributed by atoms with E-state index in [4.69, 9.17) is 14.7 Å². The number of rotatable bonds is 4. The van der Waals surface area contributed by atoms with Gasteiger partial charge in [0, 0.05) is 6.04 Å². The van der Waals surface area contributed by atoms with Gasteiger partial charge < -0.3 is 14.7 Å². The molecule has 2 heterocycles. The van der Waals surface area contributed by atoms with Gasteiger partial charge in [0.25, 0.3) is 0 Å². The minimum Gasteiger partial charge on any atom is -0.469 e. The molecule has 2 atom stereocenters. The average molecular weight is 235 g/mol. The Morgan fingerprint density at radius 3 is 2.76 bits per heavy atom. The van der Waals surface area contributed by atoms with Crippen LogP contribution in [-0.2, 0) is 0 Å². The smallest absolute Gasteiger partial charge is 0.231 e. The van der Waals surface area contributed by atoms with E-state index < -0.39 is 0 Å². The summed E-state index contributed by atoms with van der Waals surface area (Å²) >= 11 is 0. The van der Waals surface area contributed by atoms with Crippen molar-refractivity contribution in [1.29, 1.82) is 0 Å². The van der Waals surface area contributed by atoms with E-state index in [1.54, 1.807) is 6.26 Å². The molecule has 0 aliphatic heterocycles. The van der Waals surface area contributed by atoms with Gasteiger partial charge in [-0.2, -0.15) is 4.98 Å². The summed E-state index contributed by atoms with van der Waals surface area (Å²) in [6.45, 7) is 5.87. The van der Waals surface area contributed by atoms with Crippen molar-refractivity contribution in [2.24, 2.45) is 5.73 Å². The second-order valence-corrected chi connectivity index (χ2v) is 4.22. The van der Waals surface area contributed by atoms with Crippen molar-refractivity contribution in [3.8, 4) is 11.4 Å². The topological polar surface area (TPSA) is 78.1 Å². The van der Waals surface area contributed by atoms with Crippen molar-refractivity contribution in [3.63, 3.8) is 0 Å². The van der Waals surface area contributed by atoms with Gasteiger partial charge in [0.1, 0.15) is 5.76 Å². The molecular formula is C12H17N3O2. The monoisotopic (exact) mass is 235 g/mol. The zero-order valence-electron chi connectivity index (χ0n) is 10.3. The summed E-state index contributed by atoms with van der Waals surface area (Å²) in [5, 5.41) is 3.97. The first-order valence-electron chi connectivity index (χ1n) is 5.77. The Bertz CT molecular complexity index is 487. The molecule has 0 saturated heterocycles. The zero-order valence-corrected chi connectivity index (χ0v) is 10.3. The zero-order chi connectivity index (χ0) is 12.4. The lowest BCUT2D eigenvalue weighted by Crippen LogP contribution is -2.24. The lowest BCUT2D eigenvalue weighted by Gasteiger charge is -2.13. The predicted octanol–water partition coefficient (Wildman–Crippen LogP) is 2.48. The molecule has 0 aliphatic carbocycles. The van der Waals surface area contributed by atoms with Crippen molar-refractivity contribution < 1.29 is 8.94 Å². The Kier molecular flexibility index (Phi) is 3.28. The molecule has 2 N–H and O–H groups in total. The van der Waals surface area contributed by atoms with E-state index in [0.717, 1.165) is 17.7 Å². The molecule has 0 fully saturated rings. The van der Waals surface area contributed by atoms with Crippen molar-refractivity contribution >= 4 is 0 Å². The molecule has 0 radical (unpaired) electrons. The molecule has 0 aliphatic rings. The molecule has 2 rings (SSSR count). The van der Waals surface area contributed by atoms with Crippen LogP contribution in [0.25, 0.3) is 11.4 Å². The van der Waals surface area contributed by atoms with Gasteiger partial charge in [-0.25, -0.2) is 0 Å². The third kappa shape index (κ3) is 2.24. The number of aryl methyl sites for hydroxylation is 1. The maximum Gasteiger partial charge on any atom is 0.231 e. The standard InChI is InChI=1S/C12H17N3O2/c1-4-9(7(2)13)12-14-11(15-17-12)10-5-6-16-8(10)3/h5-7,9H,4,13H2,1-3H3. The van der Waals surface area contributed by atoms with E-state index in [0.29, 0.717) is 11.7 Å². The molecule has 0 bridgehead atoms. The maximum absolute atomic E-state index is 5.89. The van der Waals surface area contributed by atoms with Gasteiger partial charge in [-0.3, -0.25) is 0 Å². The van der Waals surface area contributed by atoms with Crippen molar-refractivity contribution in [2.75, 3.05) is 0 Å². The van der Waals surface area contributed by atoms with Crippen LogP contribution in [0.15, 0.2) is 21.3 Å². The van der Waals surface area contributed by atoms with Crippen LogP contribution in [0.3, 0.4) is 0 Å². The number of hydrogen-bond donors (Lipinski definition) is 1. The Hall–Kier alpha value is -1.62. The van der Waals surface area contributed by atoms with Crippen LogP contribution < -0.4 is 5.73 Å². The summed E-state index contributed by atoms with van der Waals surface area (Å²) in [6, 6.07) is 1.83. The molecule has 0 aromatic carbocycles. The summed E-state index contributed by atoms with van der Waals surface area (Å²) in [6.07, 6.45) is 2.49. The van der Waals surface area contributed by atoms with Crippen LogP contribution in [0.2, 0.25) is 0 Å². The third-order valence-corrected chi connectivity index (χ3v) is 2.93. The number of furan rings is 1. The molecule has 0 saturated carbocycles. The quantitative estimate of drug-likeness (QED) is 0.880. The first-order valence-corrected chi connectivity index (χ1v) is 5.77. The summed E-state index contributed by atoms with van der Waals surface area (Å²) in [5.41, 5.74) is 6.75. The fourth-order valence-corrected chi connectivity index (χ4v) is 1.88. The van der Waals surface area contributed by atoms with Gasteiger partial charge in [-0.1, -0.05) is 12.1 Å². The average Bonchev–Trinajstić information content (AvgIpc) is 2.87. The van der Waals surface area contributed by atoms with Gasteiger partial charge in [0.2, 0.25) is 11.7 Å². The number of aromatic nitrogens is 2. The Morgan fingerprint density at radius 2 is 2.24 bits per heavy atom. The van der Waals surface area contributed by atoms with Crippen LogP contribution in [0.4, 0.5) is 0 Å². The fourth-order valence-electron chi connectivity index (χ4n) is 1.88. The normalized spacial score (nSPS) is 14.8. The Morgan fingerprint density at radius 1 is 1.47 bits per heavy atom. The molecular weight excluding hydrogens is 218 g/mol. The molecule has 5 nitrogen and oxygen atoms in total. The van der Waals surface area contributed by atoms with Gasteiger partial charge in [0.05, 0.1) is 17.7 Å². The number of nitrogens with zero attached hydrogens (tertiary/aromatic N) is 2. The molecule has 2 aromatic heterocycles. The van der Waals surface area contributed by atoms with Crippen LogP contribution in [0, 0.1) is 6.92 Å². The summed E-state index contributed by atoms with van der Waals surface area (Å²) in [4.78, 5) is 4.39. The van der Waals surface area contributed by atoms with Gasteiger partial charge in [-0.15, -0.1) is 0 Å². The second kappa shape index (κ2) is 4.71. The van der Waals surface area contributed by atoms with Crippen LogP contribution in [0.1, 0.15) is 37.8 Å². The highest BCUT2D eigenvalue weighted by Crippen LogP contribution is 2.25. The largest absolute Gasteiger partial charge is 0.469 e. The van der Waals surface area contributed by atoms with Gasteiger partial charge in [0.15, 0.2) is 0 Å². The highest BCUT2D eigenvalue weighted by Gasteiger charge is 2.22. The predicted molar refractivity (Wildman–Crippen MR) is 63.4 cm³/mol. The summed E-state index contributed by atoms with van der Waals surface area (Å²) in [7, 11) is 0. The van der Waals surface area contributed by atoms with Crippen molar-refractivity contribution in [3.05, 3.63) is 24.0 Å². The SMILES string of the molecule is CCC(c1nc(-c2ccoc2C)no1)C(C)N. The number of nitrogens with two attached hydrogens (primary N) is 1. The molecule has 5 heteroatoms. The highest BCUT2D eigenvalue weighted by atomic mass is 16.5. The molecule has 92 valence electrons. The van der Waals surface area contributed by atoms with Crippen molar-refractivity contribution in [2.45, 2.75) is 39.2 Å².